The number of alkyl halides is 3. The molecule has 1 fully saturated rings. The van der Waals surface area contributed by atoms with Crippen LogP contribution in [0.15, 0.2) is 17.8 Å². The number of carbonyl (C=O) groups excluding carboxylic acids is 2. The van der Waals surface area contributed by atoms with E-state index in [0.29, 0.717) is 4.58 Å². The second-order valence-electron chi connectivity index (χ2n) is 6.02. The Morgan fingerprint density at radius 3 is 2.73 bits per heavy atom. The maximum absolute atomic E-state index is 13.1. The molecule has 1 aliphatic heterocycles. The highest BCUT2D eigenvalue weighted by molar-refractivity contribution is 7.97. The van der Waals surface area contributed by atoms with Gasteiger partial charge in [0.2, 0.25) is 0 Å². The number of halogens is 3. The van der Waals surface area contributed by atoms with E-state index in [2.05, 4.69) is 10.5 Å². The fourth-order valence-corrected chi connectivity index (χ4v) is 3.22. The first kappa shape index (κ1) is 18.7. The molecule has 0 saturated heterocycles. The second-order valence-corrected chi connectivity index (χ2v) is 7.24. The molecule has 142 valence electrons. The number of amides is 2. The van der Waals surface area contributed by atoms with Crippen molar-refractivity contribution < 1.29 is 28.0 Å². The Morgan fingerprint density at radius 1 is 1.50 bits per heavy atom. The van der Waals surface area contributed by atoms with Crippen molar-refractivity contribution in [3.63, 3.8) is 0 Å². The van der Waals surface area contributed by atoms with Gasteiger partial charge in [0.25, 0.3) is 11.8 Å². The zero-order valence-electron chi connectivity index (χ0n) is 13.6. The Bertz CT molecular complexity index is 759. The summed E-state index contributed by atoms with van der Waals surface area (Å²) in [5.74, 6) is -2.17. The van der Waals surface area contributed by atoms with Crippen LogP contribution < -0.4 is 10.7 Å². The quantitative estimate of drug-likeness (QED) is 0.396. The molecule has 0 bridgehead atoms. The van der Waals surface area contributed by atoms with Gasteiger partial charge in [-0.2, -0.15) is 18.3 Å². The van der Waals surface area contributed by atoms with E-state index in [-0.39, 0.29) is 16.5 Å². The van der Waals surface area contributed by atoms with Gasteiger partial charge in [0.15, 0.2) is 0 Å². The summed E-state index contributed by atoms with van der Waals surface area (Å²) in [4.78, 5) is 24.6. The minimum atomic E-state index is -4.66. The molecular weight excluding hydrogens is 375 g/mol. The highest BCUT2D eigenvalue weighted by atomic mass is 32.2. The number of nitrogens with one attached hydrogen (secondary N) is 2. The van der Waals surface area contributed by atoms with Crippen molar-refractivity contribution >= 4 is 29.3 Å². The predicted molar refractivity (Wildman–Crippen MR) is 85.1 cm³/mol. The Labute approximate surface area is 150 Å². The summed E-state index contributed by atoms with van der Waals surface area (Å²) in [5.41, 5.74) is 1.56. The molecule has 8 nitrogen and oxygen atoms in total. The lowest BCUT2D eigenvalue weighted by molar-refractivity contribution is -0.161. The molecule has 1 unspecified atom stereocenters. The molecule has 1 aliphatic carbocycles. The molecule has 1 saturated carbocycles. The highest BCUT2D eigenvalue weighted by Gasteiger charge is 2.46. The lowest BCUT2D eigenvalue weighted by Crippen LogP contribution is -2.51. The van der Waals surface area contributed by atoms with Crippen molar-refractivity contribution in [2.24, 2.45) is 7.05 Å². The average Bonchev–Trinajstić information content (AvgIpc) is 3.22. The van der Waals surface area contributed by atoms with Crippen molar-refractivity contribution in [3.8, 4) is 0 Å². The number of carbonyl (C=O) groups is 2. The van der Waals surface area contributed by atoms with Gasteiger partial charge in [-0.1, -0.05) is 0 Å². The molecule has 26 heavy (non-hydrogen) atoms. The maximum atomic E-state index is 13.1. The lowest BCUT2D eigenvalue weighted by atomic mass is 9.92. The van der Waals surface area contributed by atoms with E-state index in [4.69, 9.17) is 0 Å². The summed E-state index contributed by atoms with van der Waals surface area (Å²) < 4.78 is 41.1. The molecule has 1 atom stereocenters. The number of hydrazine groups is 1. The molecule has 0 radical (unpaired) electrons. The van der Waals surface area contributed by atoms with Crippen LogP contribution >= 0.6 is 11.9 Å². The van der Waals surface area contributed by atoms with Crippen molar-refractivity contribution in [2.75, 3.05) is 0 Å². The van der Waals surface area contributed by atoms with Crippen molar-refractivity contribution in [2.45, 2.75) is 36.7 Å². The molecule has 0 aromatic carbocycles. The maximum Gasteiger partial charge on any atom is 0.408 e. The fourth-order valence-electron chi connectivity index (χ4n) is 2.45. The van der Waals surface area contributed by atoms with Crippen LogP contribution in [-0.2, 0) is 16.6 Å². The van der Waals surface area contributed by atoms with Gasteiger partial charge in [-0.05, 0) is 35.4 Å². The lowest BCUT2D eigenvalue weighted by Gasteiger charge is -2.28. The third kappa shape index (κ3) is 4.19. The van der Waals surface area contributed by atoms with Crippen molar-refractivity contribution in [3.05, 3.63) is 23.5 Å². The number of rotatable bonds is 5. The molecule has 3 N–H and O–H groups in total. The van der Waals surface area contributed by atoms with E-state index in [0.717, 1.165) is 24.8 Å². The van der Waals surface area contributed by atoms with E-state index in [1.807, 2.05) is 0 Å². The standard InChI is InChI=1S/C14H16F3N5O3S/c1-21-5-4-9(19-21)8-6-10(14(15,16)17)18-12(23)11(8)13(24)20-22(25)26-7-2-3-7/h4-5,7,10,25H,2-3,6H2,1H3,(H,18,23)(H,20,24). The Kier molecular flexibility index (Phi) is 4.99. The van der Waals surface area contributed by atoms with Gasteiger partial charge in [-0.25, -0.2) is 0 Å². The first-order chi connectivity index (χ1) is 12.1. The normalized spacial score (nSPS) is 21.2. The van der Waals surface area contributed by atoms with Gasteiger partial charge >= 0.3 is 6.18 Å². The Hall–Kier alpha value is -2.05. The summed E-state index contributed by atoms with van der Waals surface area (Å²) in [7, 11) is 1.57. The Morgan fingerprint density at radius 2 is 2.19 bits per heavy atom. The summed E-state index contributed by atoms with van der Waals surface area (Å²) in [6.45, 7) is 0. The second kappa shape index (κ2) is 6.93. The monoisotopic (exact) mass is 391 g/mol. The fraction of sp³-hybridized carbons (Fsp3) is 0.500. The third-order valence-corrected chi connectivity index (χ3v) is 4.92. The molecule has 3 rings (SSSR count). The van der Waals surface area contributed by atoms with Crippen molar-refractivity contribution in [1.82, 2.24) is 25.1 Å². The van der Waals surface area contributed by atoms with Crippen LogP contribution in [0.2, 0.25) is 0 Å². The number of hydrogen-bond acceptors (Lipinski definition) is 6. The molecular formula is C14H16F3N5O3S. The first-order valence-corrected chi connectivity index (χ1v) is 8.56. The van der Waals surface area contributed by atoms with Crippen LogP contribution in [0.25, 0.3) is 5.57 Å². The Balaban J connectivity index is 1.91. The van der Waals surface area contributed by atoms with Crippen LogP contribution in [-0.4, -0.2) is 48.8 Å². The van der Waals surface area contributed by atoms with E-state index in [1.54, 1.807) is 12.4 Å². The van der Waals surface area contributed by atoms with Crippen LogP contribution in [0.1, 0.15) is 25.0 Å². The zero-order chi connectivity index (χ0) is 19.1. The van der Waals surface area contributed by atoms with Gasteiger partial charge in [0, 0.05) is 30.5 Å². The summed E-state index contributed by atoms with van der Waals surface area (Å²) in [6, 6.07) is -0.695. The number of hydrogen-bond donors (Lipinski definition) is 3. The van der Waals surface area contributed by atoms with E-state index in [9.17, 15) is 28.0 Å². The topological polar surface area (TPSA) is 99.5 Å². The molecule has 1 aromatic heterocycles. The van der Waals surface area contributed by atoms with Crippen molar-refractivity contribution in [1.29, 1.82) is 0 Å². The average molecular weight is 391 g/mol. The van der Waals surface area contributed by atoms with Gasteiger partial charge < -0.3 is 5.32 Å². The van der Waals surface area contributed by atoms with Gasteiger partial charge in [0.1, 0.15) is 11.6 Å². The number of aromatic nitrogens is 2. The summed E-state index contributed by atoms with van der Waals surface area (Å²) >= 11 is 0.968. The molecule has 2 amide bonds. The van der Waals surface area contributed by atoms with E-state index < -0.39 is 36.0 Å². The molecule has 0 spiro atoms. The van der Waals surface area contributed by atoms with Crippen LogP contribution in [0.5, 0.6) is 0 Å². The van der Waals surface area contributed by atoms with E-state index in [1.165, 1.54) is 16.9 Å². The zero-order valence-corrected chi connectivity index (χ0v) is 14.4. The largest absolute Gasteiger partial charge is 0.408 e. The number of aryl methyl sites for hydroxylation is 1. The van der Waals surface area contributed by atoms with Crippen LogP contribution in [0.3, 0.4) is 0 Å². The smallest absolute Gasteiger partial charge is 0.340 e. The van der Waals surface area contributed by atoms with Gasteiger partial charge in [-0.15, -0.1) is 0 Å². The molecule has 12 heteroatoms. The molecule has 1 aromatic rings. The predicted octanol–water partition coefficient (Wildman–Crippen LogP) is 1.16. The number of nitrogens with zero attached hydrogens (tertiary/aromatic N) is 3. The van der Waals surface area contributed by atoms with Crippen LogP contribution in [0, 0.1) is 0 Å². The third-order valence-electron chi connectivity index (χ3n) is 3.86. The van der Waals surface area contributed by atoms with E-state index >= 15 is 0 Å². The van der Waals surface area contributed by atoms with Gasteiger partial charge in [0.05, 0.1) is 5.69 Å². The van der Waals surface area contributed by atoms with Gasteiger partial charge in [-0.3, -0.25) is 24.9 Å². The molecule has 2 heterocycles. The first-order valence-electron chi connectivity index (χ1n) is 7.72. The molecule has 2 aliphatic rings. The SMILES string of the molecule is Cn1ccc(C2=C(C(=O)NN(O)SC3CC3)C(=O)NC(C(F)(F)F)C2)n1. The summed E-state index contributed by atoms with van der Waals surface area (Å²) in [6.07, 6.45) is -2.03. The van der Waals surface area contributed by atoms with Crippen LogP contribution in [0.4, 0.5) is 13.2 Å². The minimum absolute atomic E-state index is 0.0982. The minimum Gasteiger partial charge on any atom is -0.340 e. The summed E-state index contributed by atoms with van der Waals surface area (Å²) in [5, 5.41) is 15.7. The highest BCUT2D eigenvalue weighted by Crippen LogP contribution is 2.36.